The first kappa shape index (κ1) is 38.2. The number of carbonyl (C=O) groups excluding carboxylic acids is 2. The zero-order valence-electron chi connectivity index (χ0n) is 31.9. The van der Waals surface area contributed by atoms with Crippen molar-refractivity contribution in [3.05, 3.63) is 148 Å². The molecule has 18 heteroatoms. The first-order valence-electron chi connectivity index (χ1n) is 18.5. The molecule has 8 rings (SSSR count). The number of amides is 2. The Hall–Kier alpha value is -7.73. The van der Waals surface area contributed by atoms with Crippen molar-refractivity contribution in [1.82, 2.24) is 65.9 Å². The Labute approximate surface area is 341 Å². The number of pyridine rings is 2. The molecule has 0 fully saturated rings. The van der Waals surface area contributed by atoms with E-state index in [1.807, 2.05) is 68.4 Å². The molecule has 6 N–H and O–H groups in total. The number of thiazole rings is 1. The second kappa shape index (κ2) is 17.6. The van der Waals surface area contributed by atoms with Crippen molar-refractivity contribution in [2.45, 2.75) is 39.8 Å². The van der Waals surface area contributed by atoms with Crippen molar-refractivity contribution >= 4 is 46.4 Å². The van der Waals surface area contributed by atoms with Crippen molar-refractivity contribution in [2.24, 2.45) is 0 Å². The molecule has 7 heterocycles. The van der Waals surface area contributed by atoms with Crippen LogP contribution in [0.5, 0.6) is 0 Å². The summed E-state index contributed by atoms with van der Waals surface area (Å²) < 4.78 is 0. The molecular formula is C41H37N15O2S. The summed E-state index contributed by atoms with van der Waals surface area (Å²) in [7, 11) is 0. The first-order valence-corrected chi connectivity index (χ1v) is 19.4. The Morgan fingerprint density at radius 1 is 0.610 bits per heavy atom. The average molecular weight is 804 g/mol. The van der Waals surface area contributed by atoms with E-state index >= 15 is 0 Å². The monoisotopic (exact) mass is 803 g/mol. The summed E-state index contributed by atoms with van der Waals surface area (Å²) in [5.74, 6) is 2.51. The molecule has 0 aliphatic heterocycles. The Bertz CT molecular complexity index is 2680. The van der Waals surface area contributed by atoms with Crippen LogP contribution in [-0.4, -0.2) is 67.1 Å². The maximum Gasteiger partial charge on any atom is 0.270 e. The highest BCUT2D eigenvalue weighted by molar-refractivity contribution is 7.09. The van der Waals surface area contributed by atoms with Crippen molar-refractivity contribution in [3.63, 3.8) is 0 Å². The third-order valence-corrected chi connectivity index (χ3v) is 9.61. The Morgan fingerprint density at radius 2 is 1.15 bits per heavy atom. The number of aromatic amines is 2. The summed E-state index contributed by atoms with van der Waals surface area (Å²) in [4.78, 5) is 58.9. The van der Waals surface area contributed by atoms with Crippen LogP contribution in [0.2, 0.25) is 0 Å². The van der Waals surface area contributed by atoms with Gasteiger partial charge in [0.1, 0.15) is 23.0 Å². The van der Waals surface area contributed by atoms with Gasteiger partial charge in [0.25, 0.3) is 11.8 Å². The average Bonchev–Trinajstić information content (AvgIpc) is 4.04. The van der Waals surface area contributed by atoms with Gasteiger partial charge in [-0.25, -0.2) is 19.9 Å². The molecule has 0 radical (unpaired) electrons. The highest BCUT2D eigenvalue weighted by Crippen LogP contribution is 2.24. The molecule has 59 heavy (non-hydrogen) atoms. The number of carbonyl (C=O) groups is 2. The minimum Gasteiger partial charge on any atom is -0.347 e. The predicted molar refractivity (Wildman–Crippen MR) is 222 cm³/mol. The number of nitrogens with one attached hydrogen (secondary N) is 6. The van der Waals surface area contributed by atoms with E-state index in [9.17, 15) is 9.59 Å². The molecular weight excluding hydrogens is 767 g/mol. The number of aromatic nitrogens is 11. The fourth-order valence-corrected chi connectivity index (χ4v) is 6.43. The van der Waals surface area contributed by atoms with Gasteiger partial charge in [-0.3, -0.25) is 34.7 Å². The molecule has 0 spiro atoms. The van der Waals surface area contributed by atoms with Gasteiger partial charge in [0.15, 0.2) is 23.3 Å². The van der Waals surface area contributed by atoms with Gasteiger partial charge < -0.3 is 21.3 Å². The third-order valence-electron chi connectivity index (χ3n) is 8.83. The molecule has 17 nitrogen and oxygen atoms in total. The van der Waals surface area contributed by atoms with Crippen molar-refractivity contribution in [3.8, 4) is 22.8 Å². The summed E-state index contributed by atoms with van der Waals surface area (Å²) in [6, 6.07) is 24.0. The van der Waals surface area contributed by atoms with E-state index in [1.165, 1.54) is 11.3 Å². The van der Waals surface area contributed by atoms with E-state index in [2.05, 4.69) is 56.6 Å². The van der Waals surface area contributed by atoms with Gasteiger partial charge in [0, 0.05) is 88.2 Å². The summed E-state index contributed by atoms with van der Waals surface area (Å²) in [6.07, 6.45) is 5.85. The quantitative estimate of drug-likeness (QED) is 0.0695. The zero-order valence-corrected chi connectivity index (χ0v) is 32.7. The SMILES string of the molecule is Cc1cc(Nc2cc(CCc3cc(Nc4cc(C)[nH]n4)nc(-c4ccc(C(=O)NCc5cncs5)nc4)n3)nc(-c3ccc(C(=O)NCc4ccccc4)nc3)n2)n[nH]1. The maximum absolute atomic E-state index is 12.9. The zero-order chi connectivity index (χ0) is 40.6. The van der Waals surface area contributed by atoms with Gasteiger partial charge in [-0.2, -0.15) is 10.2 Å². The van der Waals surface area contributed by atoms with Crippen molar-refractivity contribution in [1.29, 1.82) is 0 Å². The van der Waals surface area contributed by atoms with E-state index < -0.39 is 0 Å². The molecule has 7 aromatic heterocycles. The Morgan fingerprint density at radius 3 is 1.61 bits per heavy atom. The number of H-pyrrole nitrogens is 2. The maximum atomic E-state index is 12.9. The van der Waals surface area contributed by atoms with Crippen LogP contribution in [-0.2, 0) is 25.9 Å². The standard InChI is InChI=1S/C41H37N15O2S/c1-24-14-36(55-53-24)49-34-16-29(47-38(51-34)27-8-12-32(43-19-27)40(57)45-18-26-6-4-3-5-7-26)10-11-30-17-35(50-37-15-25(2)54-56-37)52-39(48-30)28-9-13-33(44-20-28)41(58)46-22-31-21-42-23-59-31/h3-9,12-17,19-21,23H,10-11,18,22H2,1-2H3,(H,45,57)(H,46,58)(H2,47,49,51,53,55)(H2,48,50,52,54,56). The first-order chi connectivity index (χ1) is 28.8. The molecule has 294 valence electrons. The van der Waals surface area contributed by atoms with Crippen molar-refractivity contribution < 1.29 is 9.59 Å². The molecule has 0 aliphatic carbocycles. The number of hydrogen-bond donors (Lipinski definition) is 6. The molecule has 0 bridgehead atoms. The highest BCUT2D eigenvalue weighted by atomic mass is 32.1. The van der Waals surface area contributed by atoms with Gasteiger partial charge in [-0.05, 0) is 56.5 Å². The fourth-order valence-electron chi connectivity index (χ4n) is 5.90. The lowest BCUT2D eigenvalue weighted by atomic mass is 10.1. The number of nitrogens with zero attached hydrogens (tertiary/aromatic N) is 9. The lowest BCUT2D eigenvalue weighted by Gasteiger charge is -2.11. The smallest absolute Gasteiger partial charge is 0.270 e. The van der Waals surface area contributed by atoms with E-state index in [0.717, 1.165) is 33.2 Å². The number of benzene rings is 1. The second-order valence-corrected chi connectivity index (χ2v) is 14.4. The lowest BCUT2D eigenvalue weighted by Crippen LogP contribution is -2.23. The number of hydrogen-bond acceptors (Lipinski definition) is 14. The van der Waals surface area contributed by atoms with Crippen LogP contribution in [0.3, 0.4) is 0 Å². The summed E-state index contributed by atoms with van der Waals surface area (Å²) in [5, 5.41) is 26.8. The summed E-state index contributed by atoms with van der Waals surface area (Å²) in [6.45, 7) is 4.58. The van der Waals surface area contributed by atoms with Gasteiger partial charge in [-0.1, -0.05) is 30.3 Å². The summed E-state index contributed by atoms with van der Waals surface area (Å²) in [5.41, 5.74) is 7.74. The van der Waals surface area contributed by atoms with E-state index in [1.54, 1.807) is 48.4 Å². The minimum atomic E-state index is -0.299. The molecule has 8 aromatic rings. The molecule has 1 aromatic carbocycles. The molecule has 0 atom stereocenters. The van der Waals surface area contributed by atoms with E-state index in [4.69, 9.17) is 19.9 Å². The second-order valence-electron chi connectivity index (χ2n) is 13.4. The topological polar surface area (TPSA) is 230 Å². The van der Waals surface area contributed by atoms with Gasteiger partial charge in [0.2, 0.25) is 0 Å². The molecule has 0 saturated heterocycles. The van der Waals surface area contributed by atoms with Crippen LogP contribution in [0.4, 0.5) is 23.3 Å². The predicted octanol–water partition coefficient (Wildman–Crippen LogP) is 6.04. The number of rotatable bonds is 15. The van der Waals surface area contributed by atoms with Gasteiger partial charge in [0.05, 0.1) is 12.1 Å². The minimum absolute atomic E-state index is 0.268. The van der Waals surface area contributed by atoms with Crippen LogP contribution in [0, 0.1) is 13.8 Å². The third kappa shape index (κ3) is 9.99. The normalized spacial score (nSPS) is 10.9. The van der Waals surface area contributed by atoms with Crippen LogP contribution in [0.15, 0.2) is 103 Å². The number of aryl methyl sites for hydroxylation is 4. The number of anilines is 4. The van der Waals surface area contributed by atoms with E-state index in [-0.39, 0.29) is 23.2 Å². The van der Waals surface area contributed by atoms with Gasteiger partial charge >= 0.3 is 0 Å². The van der Waals surface area contributed by atoms with Crippen LogP contribution < -0.4 is 21.3 Å². The summed E-state index contributed by atoms with van der Waals surface area (Å²) >= 11 is 1.47. The van der Waals surface area contributed by atoms with E-state index in [0.29, 0.717) is 72.0 Å². The Kier molecular flexibility index (Phi) is 11.4. The largest absolute Gasteiger partial charge is 0.347 e. The molecule has 0 unspecified atom stereocenters. The van der Waals surface area contributed by atoms with Crippen molar-refractivity contribution in [2.75, 3.05) is 10.6 Å². The van der Waals surface area contributed by atoms with Crippen LogP contribution in [0.1, 0.15) is 54.2 Å². The Balaban J connectivity index is 1.03. The molecule has 0 aliphatic rings. The van der Waals surface area contributed by atoms with Gasteiger partial charge in [-0.15, -0.1) is 11.3 Å². The highest BCUT2D eigenvalue weighted by Gasteiger charge is 2.15. The fraction of sp³-hybridized carbons (Fsp3) is 0.146. The molecule has 0 saturated carbocycles. The lowest BCUT2D eigenvalue weighted by molar-refractivity contribution is 0.0938. The van der Waals surface area contributed by atoms with Crippen LogP contribution >= 0.6 is 11.3 Å². The molecule has 2 amide bonds. The van der Waals surface area contributed by atoms with Crippen LogP contribution in [0.25, 0.3) is 22.8 Å².